The normalized spacial score (nSPS) is 11.0. The van der Waals surface area contributed by atoms with Crippen LogP contribution in [0.15, 0.2) is 58.1 Å². The van der Waals surface area contributed by atoms with Crippen molar-refractivity contribution in [2.75, 3.05) is 19.4 Å². The highest BCUT2D eigenvalue weighted by molar-refractivity contribution is 7.20. The van der Waals surface area contributed by atoms with Crippen molar-refractivity contribution >= 4 is 39.1 Å². The van der Waals surface area contributed by atoms with Crippen molar-refractivity contribution < 1.29 is 14.0 Å². The van der Waals surface area contributed by atoms with Gasteiger partial charge in [0.1, 0.15) is 17.2 Å². The molecule has 2 aromatic heterocycles. The monoisotopic (exact) mass is 508 g/mol. The fourth-order valence-corrected chi connectivity index (χ4v) is 5.21. The molecule has 186 valence electrons. The molecule has 0 aliphatic rings. The molecule has 8 nitrogen and oxygen atoms in total. The van der Waals surface area contributed by atoms with Crippen LogP contribution in [0.25, 0.3) is 15.9 Å². The smallest absolute Gasteiger partial charge is 0.337 e. The van der Waals surface area contributed by atoms with Gasteiger partial charge in [-0.3, -0.25) is 19.0 Å². The van der Waals surface area contributed by atoms with Gasteiger partial charge in [-0.25, -0.2) is 13.8 Å². The van der Waals surface area contributed by atoms with E-state index in [0.29, 0.717) is 16.1 Å². The molecule has 1 N–H and O–H groups in total. The van der Waals surface area contributed by atoms with Crippen molar-refractivity contribution in [3.63, 3.8) is 0 Å². The Morgan fingerprint density at radius 1 is 1.06 bits per heavy atom. The van der Waals surface area contributed by atoms with Gasteiger partial charge in [0.2, 0.25) is 5.91 Å². The number of aryl methyl sites for hydroxylation is 2. The molecule has 2 heterocycles. The molecular weight excluding hydrogens is 483 g/mol. The molecule has 0 radical (unpaired) electrons. The fourth-order valence-electron chi connectivity index (χ4n) is 3.90. The summed E-state index contributed by atoms with van der Waals surface area (Å²) >= 11 is 0.981. The summed E-state index contributed by atoms with van der Waals surface area (Å²) in [6.45, 7) is 3.16. The number of anilines is 1. The van der Waals surface area contributed by atoms with Crippen molar-refractivity contribution in [1.82, 2.24) is 14.0 Å². The van der Waals surface area contributed by atoms with Crippen LogP contribution in [-0.4, -0.2) is 39.9 Å². The van der Waals surface area contributed by atoms with Gasteiger partial charge in [0.05, 0.1) is 21.6 Å². The lowest BCUT2D eigenvalue weighted by atomic mass is 10.1. The minimum Gasteiger partial charge on any atom is -0.344 e. The molecule has 0 fully saturated rings. The van der Waals surface area contributed by atoms with E-state index in [1.54, 1.807) is 39.2 Å². The second-order valence-electron chi connectivity index (χ2n) is 8.49. The van der Waals surface area contributed by atoms with Crippen LogP contribution < -0.4 is 16.6 Å². The largest absolute Gasteiger partial charge is 0.344 e. The summed E-state index contributed by atoms with van der Waals surface area (Å²) in [5, 5.41) is 2.65. The first-order valence-electron chi connectivity index (χ1n) is 11.3. The molecule has 10 heteroatoms. The Labute approximate surface area is 210 Å². The summed E-state index contributed by atoms with van der Waals surface area (Å²) < 4.78 is 16.2. The molecular formula is C26H25FN4O4S. The fraction of sp³-hybridized carbons (Fsp3) is 0.231. The van der Waals surface area contributed by atoms with Crippen LogP contribution in [0.3, 0.4) is 0 Å². The lowest BCUT2D eigenvalue weighted by Crippen LogP contribution is -2.40. The van der Waals surface area contributed by atoms with Gasteiger partial charge >= 0.3 is 5.69 Å². The quantitative estimate of drug-likeness (QED) is 0.431. The summed E-state index contributed by atoms with van der Waals surface area (Å²) in [4.78, 5) is 54.8. The van der Waals surface area contributed by atoms with Crippen molar-refractivity contribution in [3.05, 3.63) is 91.2 Å². The predicted octanol–water partition coefficient (Wildman–Crippen LogP) is 3.56. The van der Waals surface area contributed by atoms with Crippen LogP contribution in [0.2, 0.25) is 0 Å². The van der Waals surface area contributed by atoms with E-state index < -0.39 is 29.5 Å². The number of thiophene rings is 1. The van der Waals surface area contributed by atoms with E-state index in [1.807, 2.05) is 19.1 Å². The van der Waals surface area contributed by atoms with Gasteiger partial charge in [0.15, 0.2) is 0 Å². The molecule has 0 bridgehead atoms. The number of nitrogens with zero attached hydrogens (tertiary/aromatic N) is 3. The van der Waals surface area contributed by atoms with Gasteiger partial charge in [0.25, 0.3) is 11.5 Å². The second-order valence-corrected chi connectivity index (χ2v) is 9.49. The lowest BCUT2D eigenvalue weighted by molar-refractivity contribution is -0.116. The van der Waals surface area contributed by atoms with Crippen LogP contribution in [-0.2, 0) is 17.8 Å². The Balaban J connectivity index is 1.93. The first-order valence-corrected chi connectivity index (χ1v) is 12.1. The molecule has 36 heavy (non-hydrogen) atoms. The third-order valence-corrected chi connectivity index (χ3v) is 7.17. The SMILES string of the molecule is CCc1ccc(-n2c(=O)c3c(C)c(C(=O)N(C)C)sc3n(CC(=O)Nc3ccccc3F)c2=O)cc1. The first-order chi connectivity index (χ1) is 17.1. The number of aromatic nitrogens is 2. The van der Waals surface area contributed by atoms with E-state index in [4.69, 9.17) is 0 Å². The third kappa shape index (κ3) is 4.47. The van der Waals surface area contributed by atoms with Crippen LogP contribution in [0.5, 0.6) is 0 Å². The zero-order chi connectivity index (χ0) is 26.1. The van der Waals surface area contributed by atoms with E-state index in [-0.39, 0.29) is 21.8 Å². The molecule has 0 unspecified atom stereocenters. The number of nitrogens with one attached hydrogen (secondary N) is 1. The minimum absolute atomic E-state index is 0.0268. The van der Waals surface area contributed by atoms with Crippen molar-refractivity contribution in [1.29, 1.82) is 0 Å². The Morgan fingerprint density at radius 3 is 2.33 bits per heavy atom. The summed E-state index contributed by atoms with van der Waals surface area (Å²) in [5.74, 6) is -1.58. The van der Waals surface area contributed by atoms with Crippen molar-refractivity contribution in [3.8, 4) is 5.69 Å². The van der Waals surface area contributed by atoms with E-state index in [1.165, 1.54) is 23.1 Å². The van der Waals surface area contributed by atoms with Crippen LogP contribution in [0.1, 0.15) is 27.7 Å². The third-order valence-electron chi connectivity index (χ3n) is 5.87. The summed E-state index contributed by atoms with van der Waals surface area (Å²) in [7, 11) is 3.18. The summed E-state index contributed by atoms with van der Waals surface area (Å²) in [6, 6.07) is 12.7. The Kier molecular flexibility index (Phi) is 6.89. The topological polar surface area (TPSA) is 93.4 Å². The van der Waals surface area contributed by atoms with Gasteiger partial charge in [-0.1, -0.05) is 31.2 Å². The van der Waals surface area contributed by atoms with E-state index in [9.17, 15) is 23.6 Å². The average Bonchev–Trinajstić information content (AvgIpc) is 3.20. The molecule has 0 aliphatic carbocycles. The molecule has 4 rings (SSSR count). The maximum Gasteiger partial charge on any atom is 0.337 e. The van der Waals surface area contributed by atoms with Gasteiger partial charge < -0.3 is 10.2 Å². The number of fused-ring (bicyclic) bond motifs is 1. The number of hydrogen-bond donors (Lipinski definition) is 1. The predicted molar refractivity (Wildman–Crippen MR) is 139 cm³/mol. The number of rotatable bonds is 6. The lowest BCUT2D eigenvalue weighted by Gasteiger charge is -2.13. The highest BCUT2D eigenvalue weighted by Crippen LogP contribution is 2.29. The Hall–Kier alpha value is -4.05. The van der Waals surface area contributed by atoms with E-state index >= 15 is 0 Å². The van der Waals surface area contributed by atoms with Crippen LogP contribution in [0.4, 0.5) is 10.1 Å². The van der Waals surface area contributed by atoms with Gasteiger partial charge in [-0.05, 0) is 48.7 Å². The average molecular weight is 509 g/mol. The highest BCUT2D eigenvalue weighted by atomic mass is 32.1. The number of hydrogen-bond acceptors (Lipinski definition) is 5. The Bertz CT molecular complexity index is 1600. The standard InChI is InChI=1S/C26H25FN4O4S/c1-5-16-10-12-17(13-11-16)31-23(33)21-15(2)22(24(34)29(3)4)36-25(21)30(26(31)35)14-20(32)28-19-9-7-6-8-18(19)27/h6-13H,5,14H2,1-4H3,(H,28,32). The van der Waals surface area contributed by atoms with Gasteiger partial charge in [-0.2, -0.15) is 0 Å². The van der Waals surface area contributed by atoms with Gasteiger partial charge in [-0.15, -0.1) is 11.3 Å². The summed E-state index contributed by atoms with van der Waals surface area (Å²) in [6.07, 6.45) is 0.786. The maximum absolute atomic E-state index is 14.1. The van der Waals surface area contributed by atoms with E-state index in [0.717, 1.165) is 32.5 Å². The summed E-state index contributed by atoms with van der Waals surface area (Å²) in [5.41, 5.74) is 0.477. The molecule has 0 aliphatic heterocycles. The van der Waals surface area contributed by atoms with E-state index in [2.05, 4.69) is 5.32 Å². The van der Waals surface area contributed by atoms with Crippen molar-refractivity contribution in [2.24, 2.45) is 0 Å². The molecule has 0 saturated carbocycles. The zero-order valence-corrected chi connectivity index (χ0v) is 21.1. The number of para-hydroxylation sites is 1. The number of carbonyl (C=O) groups excluding carboxylic acids is 2. The second kappa shape index (κ2) is 9.90. The zero-order valence-electron chi connectivity index (χ0n) is 20.3. The molecule has 4 aromatic rings. The minimum atomic E-state index is -0.731. The molecule has 0 spiro atoms. The van der Waals surface area contributed by atoms with Crippen molar-refractivity contribution in [2.45, 2.75) is 26.8 Å². The Morgan fingerprint density at radius 2 is 1.72 bits per heavy atom. The van der Waals surface area contributed by atoms with Crippen LogP contribution >= 0.6 is 11.3 Å². The number of amides is 2. The molecule has 2 aromatic carbocycles. The number of carbonyl (C=O) groups is 2. The number of benzene rings is 2. The molecule has 0 atom stereocenters. The first kappa shape index (κ1) is 25.1. The molecule has 2 amide bonds. The maximum atomic E-state index is 14.1. The molecule has 0 saturated heterocycles. The number of halogens is 1. The van der Waals surface area contributed by atoms with Gasteiger partial charge in [0, 0.05) is 14.1 Å². The highest BCUT2D eigenvalue weighted by Gasteiger charge is 2.25. The van der Waals surface area contributed by atoms with Crippen LogP contribution in [0, 0.1) is 12.7 Å².